The van der Waals surface area contributed by atoms with Crippen molar-refractivity contribution in [2.45, 2.75) is 6.92 Å². The van der Waals surface area contributed by atoms with Crippen LogP contribution in [-0.4, -0.2) is 35.5 Å². The first-order valence-electron chi connectivity index (χ1n) is 7.24. The Morgan fingerprint density at radius 2 is 1.96 bits per heavy atom. The van der Waals surface area contributed by atoms with Crippen molar-refractivity contribution in [2.24, 2.45) is 0 Å². The van der Waals surface area contributed by atoms with Crippen molar-refractivity contribution in [1.29, 1.82) is 0 Å². The Hall–Kier alpha value is -3.49. The number of anilines is 1. The topological polar surface area (TPSA) is 121 Å². The summed E-state index contributed by atoms with van der Waals surface area (Å²) in [4.78, 5) is 38.2. The minimum atomic E-state index is -0.634. The number of amides is 1. The van der Waals surface area contributed by atoms with Gasteiger partial charge in [0.25, 0.3) is 11.6 Å². The lowest BCUT2D eigenvalue weighted by atomic mass is 10.2. The van der Waals surface area contributed by atoms with E-state index >= 15 is 0 Å². The van der Waals surface area contributed by atoms with Gasteiger partial charge in [0.15, 0.2) is 0 Å². The minimum absolute atomic E-state index is 0.00478. The Labute approximate surface area is 142 Å². The smallest absolute Gasteiger partial charge is 0.356 e. The maximum Gasteiger partial charge on any atom is 0.356 e. The number of benzene rings is 1. The SMILES string of the molecule is CCOC(=O)c1cccc(C(=O)Nc2ccc([N+](=O)[O-])cc2OC)n1. The number of nitro groups is 1. The maximum atomic E-state index is 12.3. The van der Waals surface area contributed by atoms with Crippen molar-refractivity contribution >= 4 is 23.3 Å². The van der Waals surface area contributed by atoms with E-state index in [1.54, 1.807) is 6.92 Å². The number of esters is 1. The number of nitrogens with one attached hydrogen (secondary N) is 1. The molecule has 9 nitrogen and oxygen atoms in total. The van der Waals surface area contributed by atoms with Crippen molar-refractivity contribution in [3.8, 4) is 5.75 Å². The van der Waals surface area contributed by atoms with Crippen molar-refractivity contribution in [3.05, 3.63) is 57.9 Å². The number of hydrogen-bond acceptors (Lipinski definition) is 7. The van der Waals surface area contributed by atoms with E-state index < -0.39 is 16.8 Å². The van der Waals surface area contributed by atoms with E-state index in [1.807, 2.05) is 0 Å². The highest BCUT2D eigenvalue weighted by molar-refractivity contribution is 6.04. The maximum absolute atomic E-state index is 12.3. The summed E-state index contributed by atoms with van der Waals surface area (Å²) in [5, 5.41) is 13.3. The molecule has 0 aliphatic carbocycles. The molecule has 0 aliphatic heterocycles. The van der Waals surface area contributed by atoms with Crippen LogP contribution in [0.25, 0.3) is 0 Å². The van der Waals surface area contributed by atoms with E-state index in [-0.39, 0.29) is 35.1 Å². The first-order chi connectivity index (χ1) is 12.0. The van der Waals surface area contributed by atoms with E-state index in [9.17, 15) is 19.7 Å². The molecule has 0 radical (unpaired) electrons. The molecule has 0 bridgehead atoms. The van der Waals surface area contributed by atoms with Crippen LogP contribution in [0.1, 0.15) is 27.9 Å². The molecular weight excluding hydrogens is 330 g/mol. The third-order valence-electron chi connectivity index (χ3n) is 3.11. The summed E-state index contributed by atoms with van der Waals surface area (Å²) in [6, 6.07) is 8.14. The number of aromatic nitrogens is 1. The summed E-state index contributed by atoms with van der Waals surface area (Å²) in [5.41, 5.74) is 0.0647. The Bertz CT molecular complexity index is 821. The van der Waals surface area contributed by atoms with E-state index in [4.69, 9.17) is 9.47 Å². The lowest BCUT2D eigenvalue weighted by Gasteiger charge is -2.10. The number of rotatable bonds is 6. The number of ether oxygens (including phenoxy) is 2. The van der Waals surface area contributed by atoms with Gasteiger partial charge in [-0.05, 0) is 25.1 Å². The highest BCUT2D eigenvalue weighted by Crippen LogP contribution is 2.29. The molecule has 1 amide bonds. The molecule has 25 heavy (non-hydrogen) atoms. The summed E-state index contributed by atoms with van der Waals surface area (Å²) in [7, 11) is 1.33. The molecule has 0 saturated carbocycles. The molecule has 9 heteroatoms. The molecule has 1 heterocycles. The molecule has 2 aromatic rings. The van der Waals surface area contributed by atoms with Crippen molar-refractivity contribution in [1.82, 2.24) is 4.98 Å². The van der Waals surface area contributed by atoms with Gasteiger partial charge < -0.3 is 14.8 Å². The standard InChI is InChI=1S/C16H15N3O6/c1-3-25-16(21)13-6-4-5-12(17-13)15(20)18-11-8-7-10(19(22)23)9-14(11)24-2/h4-9H,3H2,1-2H3,(H,18,20). The molecule has 0 aliphatic rings. The van der Waals surface area contributed by atoms with E-state index in [2.05, 4.69) is 10.3 Å². The van der Waals surface area contributed by atoms with Gasteiger partial charge in [-0.1, -0.05) is 6.07 Å². The first kappa shape index (κ1) is 17.9. The molecule has 130 valence electrons. The fourth-order valence-electron chi connectivity index (χ4n) is 1.96. The van der Waals surface area contributed by atoms with Crippen molar-refractivity contribution in [2.75, 3.05) is 19.0 Å². The predicted molar refractivity (Wildman–Crippen MR) is 87.8 cm³/mol. The van der Waals surface area contributed by atoms with Crippen LogP contribution in [0.2, 0.25) is 0 Å². The number of methoxy groups -OCH3 is 1. The van der Waals surface area contributed by atoms with Crippen molar-refractivity contribution < 1.29 is 24.0 Å². The van der Waals surface area contributed by atoms with Crippen LogP contribution in [-0.2, 0) is 4.74 Å². The Morgan fingerprint density at radius 3 is 2.60 bits per heavy atom. The normalized spacial score (nSPS) is 10.0. The number of carbonyl (C=O) groups is 2. The third-order valence-corrected chi connectivity index (χ3v) is 3.11. The fourth-order valence-corrected chi connectivity index (χ4v) is 1.96. The number of pyridine rings is 1. The zero-order valence-electron chi connectivity index (χ0n) is 13.5. The van der Waals surface area contributed by atoms with Gasteiger partial charge in [0, 0.05) is 6.07 Å². The Morgan fingerprint density at radius 1 is 1.24 bits per heavy atom. The number of non-ortho nitro benzene ring substituents is 1. The second kappa shape index (κ2) is 7.86. The van der Waals surface area contributed by atoms with Gasteiger partial charge in [0.2, 0.25) is 0 Å². The molecule has 1 aromatic heterocycles. The van der Waals surface area contributed by atoms with E-state index in [1.165, 1.54) is 43.5 Å². The zero-order valence-corrected chi connectivity index (χ0v) is 13.5. The van der Waals surface area contributed by atoms with Crippen LogP contribution >= 0.6 is 0 Å². The molecule has 0 fully saturated rings. The van der Waals surface area contributed by atoms with Gasteiger partial charge in [-0.3, -0.25) is 14.9 Å². The Kier molecular flexibility index (Phi) is 5.62. The van der Waals surface area contributed by atoms with Gasteiger partial charge in [-0.2, -0.15) is 0 Å². The van der Waals surface area contributed by atoms with Gasteiger partial charge in [-0.15, -0.1) is 0 Å². The highest BCUT2D eigenvalue weighted by Gasteiger charge is 2.16. The van der Waals surface area contributed by atoms with Crippen LogP contribution in [0.4, 0.5) is 11.4 Å². The van der Waals surface area contributed by atoms with Gasteiger partial charge in [0.1, 0.15) is 17.1 Å². The van der Waals surface area contributed by atoms with Crippen LogP contribution in [0.15, 0.2) is 36.4 Å². The molecule has 1 aromatic carbocycles. The summed E-state index contributed by atoms with van der Waals surface area (Å²) in [5.74, 6) is -1.10. The number of hydrogen-bond donors (Lipinski definition) is 1. The molecule has 0 unspecified atom stereocenters. The number of carbonyl (C=O) groups excluding carboxylic acids is 2. The minimum Gasteiger partial charge on any atom is -0.494 e. The lowest BCUT2D eigenvalue weighted by molar-refractivity contribution is -0.384. The highest BCUT2D eigenvalue weighted by atomic mass is 16.6. The third kappa shape index (κ3) is 4.28. The van der Waals surface area contributed by atoms with Crippen molar-refractivity contribution in [3.63, 3.8) is 0 Å². The second-order valence-corrected chi connectivity index (χ2v) is 4.72. The predicted octanol–water partition coefficient (Wildman–Crippen LogP) is 2.43. The fraction of sp³-hybridized carbons (Fsp3) is 0.188. The summed E-state index contributed by atoms with van der Waals surface area (Å²) in [6.07, 6.45) is 0. The van der Waals surface area contributed by atoms with Gasteiger partial charge in [0.05, 0.1) is 30.4 Å². The largest absolute Gasteiger partial charge is 0.494 e. The average molecular weight is 345 g/mol. The number of nitrogens with zero attached hydrogens (tertiary/aromatic N) is 2. The molecular formula is C16H15N3O6. The molecule has 0 atom stereocenters. The molecule has 0 saturated heterocycles. The van der Waals surface area contributed by atoms with Crippen LogP contribution in [0.3, 0.4) is 0 Å². The van der Waals surface area contributed by atoms with E-state index in [0.29, 0.717) is 0 Å². The number of nitro benzene ring substituents is 1. The average Bonchev–Trinajstić information content (AvgIpc) is 2.62. The monoisotopic (exact) mass is 345 g/mol. The summed E-state index contributed by atoms with van der Waals surface area (Å²) < 4.78 is 9.89. The first-order valence-corrected chi connectivity index (χ1v) is 7.24. The summed E-state index contributed by atoms with van der Waals surface area (Å²) >= 11 is 0. The zero-order chi connectivity index (χ0) is 18.4. The van der Waals surface area contributed by atoms with Gasteiger partial charge in [-0.25, -0.2) is 9.78 Å². The van der Waals surface area contributed by atoms with Crippen LogP contribution in [0.5, 0.6) is 5.75 Å². The Balaban J connectivity index is 2.24. The van der Waals surface area contributed by atoms with Gasteiger partial charge >= 0.3 is 5.97 Å². The van der Waals surface area contributed by atoms with Crippen LogP contribution in [0, 0.1) is 10.1 Å². The molecule has 0 spiro atoms. The van der Waals surface area contributed by atoms with E-state index in [0.717, 1.165) is 0 Å². The quantitative estimate of drug-likeness (QED) is 0.485. The van der Waals surface area contributed by atoms with Crippen LogP contribution < -0.4 is 10.1 Å². The summed E-state index contributed by atoms with van der Waals surface area (Å²) in [6.45, 7) is 1.85. The molecule has 2 rings (SSSR count). The second-order valence-electron chi connectivity index (χ2n) is 4.72. The lowest BCUT2D eigenvalue weighted by Crippen LogP contribution is -2.16. The molecule has 1 N–H and O–H groups in total.